The molecule has 1 fully saturated rings. The van der Waals surface area contributed by atoms with E-state index in [1.165, 1.54) is 5.56 Å². The molecule has 0 amide bonds. The lowest BCUT2D eigenvalue weighted by Gasteiger charge is -2.30. The first kappa shape index (κ1) is 17.7. The van der Waals surface area contributed by atoms with Gasteiger partial charge >= 0.3 is 0 Å². The average Bonchev–Trinajstić information content (AvgIpc) is 3.18. The van der Waals surface area contributed by atoms with Crippen LogP contribution in [0, 0.1) is 12.8 Å². The monoisotopic (exact) mass is 360 g/mol. The van der Waals surface area contributed by atoms with Gasteiger partial charge in [0.15, 0.2) is 5.78 Å². The van der Waals surface area contributed by atoms with Crippen LogP contribution < -0.4 is 0 Å². The molecular weight excluding hydrogens is 336 g/mol. The van der Waals surface area contributed by atoms with E-state index in [-0.39, 0.29) is 11.7 Å². The van der Waals surface area contributed by atoms with E-state index in [1.807, 2.05) is 42.5 Å². The maximum Gasteiger partial charge on any atom is 0.226 e. The number of carbonyl (C=O) groups excluding carboxylic acids is 1. The highest BCUT2D eigenvalue weighted by Gasteiger charge is 2.26. The normalized spacial score (nSPS) is 15.7. The number of nitrogens with zero attached hydrogens (tertiary/aromatic N) is 2. The summed E-state index contributed by atoms with van der Waals surface area (Å²) in [7, 11) is 0. The van der Waals surface area contributed by atoms with Gasteiger partial charge in [-0.25, -0.2) is 4.98 Å². The molecule has 4 heteroatoms. The number of likely N-dealkylation sites (tertiary alicyclic amines) is 1. The number of aromatic nitrogens is 1. The number of hydrogen-bond donors (Lipinski definition) is 0. The number of carbonyl (C=O) groups is 1. The van der Waals surface area contributed by atoms with Gasteiger partial charge in [0, 0.05) is 23.6 Å². The zero-order valence-electron chi connectivity index (χ0n) is 15.6. The molecule has 3 aromatic rings. The molecular formula is C23H24N2O2. The Morgan fingerprint density at radius 2 is 1.78 bits per heavy atom. The molecule has 0 saturated carbocycles. The van der Waals surface area contributed by atoms with Crippen molar-refractivity contribution in [2.45, 2.75) is 26.3 Å². The van der Waals surface area contributed by atoms with Crippen LogP contribution in [0.4, 0.5) is 0 Å². The van der Waals surface area contributed by atoms with Gasteiger partial charge in [0.25, 0.3) is 0 Å². The van der Waals surface area contributed by atoms with E-state index in [0.29, 0.717) is 5.89 Å². The summed E-state index contributed by atoms with van der Waals surface area (Å²) >= 11 is 0. The number of aryl methyl sites for hydroxylation is 1. The molecule has 27 heavy (non-hydrogen) atoms. The van der Waals surface area contributed by atoms with Gasteiger partial charge < -0.3 is 4.42 Å². The first-order chi connectivity index (χ1) is 13.2. The number of piperidine rings is 1. The third-order valence-corrected chi connectivity index (χ3v) is 5.25. The molecule has 0 atom stereocenters. The number of Topliss-reactive ketones (excluding diaryl/α,β-unsaturated/α-hetero) is 1. The second kappa shape index (κ2) is 7.89. The lowest BCUT2D eigenvalue weighted by Crippen LogP contribution is -2.36. The van der Waals surface area contributed by atoms with Crippen molar-refractivity contribution < 1.29 is 9.21 Å². The first-order valence-corrected chi connectivity index (χ1v) is 9.52. The molecule has 0 radical (unpaired) electrons. The molecule has 4 rings (SSSR count). The van der Waals surface area contributed by atoms with E-state index in [1.54, 1.807) is 6.26 Å². The quantitative estimate of drug-likeness (QED) is 0.616. The summed E-state index contributed by atoms with van der Waals surface area (Å²) < 4.78 is 5.66. The van der Waals surface area contributed by atoms with Crippen LogP contribution in [-0.2, 0) is 6.54 Å². The fourth-order valence-electron chi connectivity index (χ4n) is 3.63. The van der Waals surface area contributed by atoms with Crippen LogP contribution in [0.1, 0.15) is 34.5 Å². The maximum atomic E-state index is 12.6. The van der Waals surface area contributed by atoms with Crippen LogP contribution in [0.5, 0.6) is 0 Å². The summed E-state index contributed by atoms with van der Waals surface area (Å²) in [5.74, 6) is 1.07. The summed E-state index contributed by atoms with van der Waals surface area (Å²) in [4.78, 5) is 19.6. The van der Waals surface area contributed by atoms with Crippen molar-refractivity contribution >= 4 is 5.78 Å². The number of benzene rings is 2. The summed E-state index contributed by atoms with van der Waals surface area (Å²) in [6, 6.07) is 17.8. The van der Waals surface area contributed by atoms with E-state index >= 15 is 0 Å². The maximum absolute atomic E-state index is 12.6. The van der Waals surface area contributed by atoms with Gasteiger partial charge in [-0.15, -0.1) is 0 Å². The molecule has 138 valence electrons. The van der Waals surface area contributed by atoms with Crippen LogP contribution in [0.3, 0.4) is 0 Å². The Balaban J connectivity index is 1.33. The minimum absolute atomic E-state index is 0.129. The Kier molecular flexibility index (Phi) is 5.16. The molecule has 0 aliphatic carbocycles. The van der Waals surface area contributed by atoms with E-state index in [0.717, 1.165) is 49.3 Å². The predicted octanol–water partition coefficient (Wildman–Crippen LogP) is 4.74. The first-order valence-electron chi connectivity index (χ1n) is 9.52. The molecule has 1 aliphatic heterocycles. The van der Waals surface area contributed by atoms with Crippen LogP contribution in [0.15, 0.2) is 65.3 Å². The molecule has 0 unspecified atom stereocenters. The smallest absolute Gasteiger partial charge is 0.226 e. The average molecular weight is 360 g/mol. The van der Waals surface area contributed by atoms with E-state index < -0.39 is 0 Å². The summed E-state index contributed by atoms with van der Waals surface area (Å²) in [5, 5.41) is 0. The van der Waals surface area contributed by atoms with Crippen LogP contribution in [-0.4, -0.2) is 28.8 Å². The minimum atomic E-state index is 0.129. The molecule has 0 spiro atoms. The predicted molar refractivity (Wildman–Crippen MR) is 105 cm³/mol. The van der Waals surface area contributed by atoms with Crippen molar-refractivity contribution in [3.05, 3.63) is 77.7 Å². The molecule has 1 saturated heterocycles. The fraction of sp³-hybridized carbons (Fsp3) is 0.304. The Hall–Kier alpha value is -2.72. The van der Waals surface area contributed by atoms with Crippen molar-refractivity contribution in [1.82, 2.24) is 9.88 Å². The molecule has 0 bridgehead atoms. The van der Waals surface area contributed by atoms with Gasteiger partial charge in [-0.3, -0.25) is 9.69 Å². The molecule has 0 N–H and O–H groups in total. The molecule has 1 aromatic heterocycles. The van der Waals surface area contributed by atoms with E-state index in [4.69, 9.17) is 4.42 Å². The van der Waals surface area contributed by atoms with Crippen molar-refractivity contribution in [2.24, 2.45) is 5.92 Å². The standard InChI is InChI=1S/C23H24N2O2/c1-17-7-9-20(10-8-17)23-24-21(16-27-23)15-25-13-11-19(12-14-25)22(26)18-5-3-2-4-6-18/h2-10,16,19H,11-15H2,1H3. The minimum Gasteiger partial charge on any atom is -0.444 e. The van der Waals surface area contributed by atoms with Crippen LogP contribution >= 0.6 is 0 Å². The van der Waals surface area contributed by atoms with E-state index in [9.17, 15) is 4.79 Å². The van der Waals surface area contributed by atoms with Gasteiger partial charge in [-0.05, 0) is 45.0 Å². The van der Waals surface area contributed by atoms with Gasteiger partial charge in [0.2, 0.25) is 5.89 Å². The SMILES string of the molecule is Cc1ccc(-c2nc(CN3CCC(C(=O)c4ccccc4)CC3)co2)cc1. The van der Waals surface area contributed by atoms with Gasteiger partial charge in [0.1, 0.15) is 6.26 Å². The zero-order chi connectivity index (χ0) is 18.6. The molecule has 2 heterocycles. The van der Waals surface area contributed by atoms with E-state index in [2.05, 4.69) is 28.9 Å². The van der Waals surface area contributed by atoms with Crippen molar-refractivity contribution in [1.29, 1.82) is 0 Å². The van der Waals surface area contributed by atoms with Gasteiger partial charge in [-0.1, -0.05) is 48.0 Å². The Bertz CT molecular complexity index is 892. The highest BCUT2D eigenvalue weighted by Crippen LogP contribution is 2.24. The third kappa shape index (κ3) is 4.17. The molecule has 4 nitrogen and oxygen atoms in total. The fourth-order valence-corrected chi connectivity index (χ4v) is 3.63. The van der Waals surface area contributed by atoms with Crippen LogP contribution in [0.25, 0.3) is 11.5 Å². The van der Waals surface area contributed by atoms with Gasteiger partial charge in [-0.2, -0.15) is 0 Å². The number of hydrogen-bond acceptors (Lipinski definition) is 4. The lowest BCUT2D eigenvalue weighted by molar-refractivity contribution is 0.0834. The summed E-state index contributed by atoms with van der Waals surface area (Å²) in [6.45, 7) is 4.66. The molecule has 2 aromatic carbocycles. The largest absolute Gasteiger partial charge is 0.444 e. The number of rotatable bonds is 5. The summed E-state index contributed by atoms with van der Waals surface area (Å²) in [6.07, 6.45) is 3.54. The third-order valence-electron chi connectivity index (χ3n) is 5.25. The molecule has 1 aliphatic rings. The van der Waals surface area contributed by atoms with Crippen molar-refractivity contribution in [3.8, 4) is 11.5 Å². The van der Waals surface area contributed by atoms with Crippen molar-refractivity contribution in [3.63, 3.8) is 0 Å². The van der Waals surface area contributed by atoms with Gasteiger partial charge in [0.05, 0.1) is 5.69 Å². The zero-order valence-corrected chi connectivity index (χ0v) is 15.6. The number of oxazole rings is 1. The topological polar surface area (TPSA) is 46.3 Å². The Labute approximate surface area is 159 Å². The Morgan fingerprint density at radius 3 is 2.48 bits per heavy atom. The summed E-state index contributed by atoms with van der Waals surface area (Å²) in [5.41, 5.74) is 3.99. The second-order valence-corrected chi connectivity index (χ2v) is 7.29. The van der Waals surface area contributed by atoms with Crippen molar-refractivity contribution in [2.75, 3.05) is 13.1 Å². The number of ketones is 1. The van der Waals surface area contributed by atoms with Crippen LogP contribution in [0.2, 0.25) is 0 Å². The highest BCUT2D eigenvalue weighted by atomic mass is 16.3. The second-order valence-electron chi connectivity index (χ2n) is 7.29. The Morgan fingerprint density at radius 1 is 1.07 bits per heavy atom. The highest BCUT2D eigenvalue weighted by molar-refractivity contribution is 5.97. The lowest BCUT2D eigenvalue weighted by atomic mass is 9.89.